The standard InChI is InChI=1S/C27H22Cl2N2O6S/c1-35-22-4-2-3-5-23(22)36-13-12-31-26(33)24(38-27(31)34)15-17-14-19(29)8-11-21(17)37-16-25(32)30-20-9-6-18(28)7-10-20/h2-11,14-15H,12-13,16H2,1H3,(H,30,32)/b24-15-. The Hall–Kier alpha value is -3.66. The molecule has 1 heterocycles. The molecule has 0 radical (unpaired) electrons. The number of ether oxygens (including phenoxy) is 3. The van der Waals surface area contributed by atoms with E-state index < -0.39 is 11.1 Å². The maximum absolute atomic E-state index is 13.0. The van der Waals surface area contributed by atoms with Crippen molar-refractivity contribution in [2.24, 2.45) is 0 Å². The summed E-state index contributed by atoms with van der Waals surface area (Å²) in [6.07, 6.45) is 1.52. The van der Waals surface area contributed by atoms with Gasteiger partial charge >= 0.3 is 0 Å². The van der Waals surface area contributed by atoms with E-state index in [1.165, 1.54) is 13.2 Å². The number of nitrogens with zero attached hydrogens (tertiary/aromatic N) is 1. The summed E-state index contributed by atoms with van der Waals surface area (Å²) < 4.78 is 16.6. The van der Waals surface area contributed by atoms with E-state index >= 15 is 0 Å². The van der Waals surface area contributed by atoms with Gasteiger partial charge in [0.25, 0.3) is 17.1 Å². The van der Waals surface area contributed by atoms with Crippen molar-refractivity contribution in [1.82, 2.24) is 4.90 Å². The van der Waals surface area contributed by atoms with Gasteiger partial charge in [0.2, 0.25) is 0 Å². The molecule has 1 fully saturated rings. The predicted octanol–water partition coefficient (Wildman–Crippen LogP) is 6.13. The molecule has 3 aromatic rings. The summed E-state index contributed by atoms with van der Waals surface area (Å²) in [6.45, 7) is -0.128. The molecule has 0 aliphatic carbocycles. The van der Waals surface area contributed by atoms with E-state index in [2.05, 4.69) is 5.32 Å². The fourth-order valence-corrected chi connectivity index (χ4v) is 4.62. The van der Waals surface area contributed by atoms with Crippen LogP contribution in [0.2, 0.25) is 10.0 Å². The Bertz CT molecular complexity index is 1380. The van der Waals surface area contributed by atoms with Crippen LogP contribution in [0.15, 0.2) is 71.6 Å². The summed E-state index contributed by atoms with van der Waals surface area (Å²) in [5.74, 6) is 0.542. The number of rotatable bonds is 10. The van der Waals surface area contributed by atoms with E-state index in [1.807, 2.05) is 6.07 Å². The largest absolute Gasteiger partial charge is 0.493 e. The summed E-state index contributed by atoms with van der Waals surface area (Å²) in [4.78, 5) is 39.1. The Morgan fingerprint density at radius 2 is 1.66 bits per heavy atom. The van der Waals surface area contributed by atoms with Gasteiger partial charge in [-0.2, -0.15) is 0 Å². The van der Waals surface area contributed by atoms with Crippen LogP contribution in [0.4, 0.5) is 10.5 Å². The number of para-hydroxylation sites is 2. The summed E-state index contributed by atoms with van der Waals surface area (Å²) in [6, 6.07) is 18.6. The second-order valence-electron chi connectivity index (χ2n) is 7.86. The van der Waals surface area contributed by atoms with Gasteiger partial charge in [-0.15, -0.1) is 0 Å². The van der Waals surface area contributed by atoms with Crippen molar-refractivity contribution in [2.75, 3.05) is 32.2 Å². The predicted molar refractivity (Wildman–Crippen MR) is 148 cm³/mol. The molecule has 1 aliphatic rings. The van der Waals surface area contributed by atoms with E-state index in [0.717, 1.165) is 16.7 Å². The molecular weight excluding hydrogens is 551 g/mol. The zero-order valence-corrected chi connectivity index (χ0v) is 22.4. The van der Waals surface area contributed by atoms with Gasteiger partial charge in [0.05, 0.1) is 18.6 Å². The van der Waals surface area contributed by atoms with Crippen LogP contribution in [-0.4, -0.2) is 48.8 Å². The van der Waals surface area contributed by atoms with Crippen molar-refractivity contribution >= 4 is 63.8 Å². The van der Waals surface area contributed by atoms with Gasteiger partial charge < -0.3 is 19.5 Å². The highest BCUT2D eigenvalue weighted by atomic mass is 35.5. The molecular formula is C27H22Cl2N2O6S. The highest BCUT2D eigenvalue weighted by molar-refractivity contribution is 8.18. The molecule has 11 heteroatoms. The Morgan fingerprint density at radius 3 is 2.39 bits per heavy atom. The molecule has 3 aromatic carbocycles. The molecule has 38 heavy (non-hydrogen) atoms. The number of methoxy groups -OCH3 is 1. The van der Waals surface area contributed by atoms with Crippen molar-refractivity contribution in [2.45, 2.75) is 0 Å². The van der Waals surface area contributed by atoms with Gasteiger partial charge in [0.15, 0.2) is 18.1 Å². The molecule has 3 amide bonds. The van der Waals surface area contributed by atoms with Crippen LogP contribution in [0.3, 0.4) is 0 Å². The molecule has 0 saturated carbocycles. The summed E-state index contributed by atoms with van der Waals surface area (Å²) >= 11 is 12.8. The maximum atomic E-state index is 13.0. The van der Waals surface area contributed by atoms with Crippen molar-refractivity contribution in [3.63, 3.8) is 0 Å². The third-order valence-corrected chi connectivity index (χ3v) is 6.65. The molecule has 1 aliphatic heterocycles. The Labute approximate surface area is 233 Å². The minimum atomic E-state index is -0.463. The first-order chi connectivity index (χ1) is 18.3. The molecule has 0 atom stereocenters. The smallest absolute Gasteiger partial charge is 0.293 e. The number of hydrogen-bond acceptors (Lipinski definition) is 7. The Morgan fingerprint density at radius 1 is 0.947 bits per heavy atom. The average Bonchev–Trinajstić information content (AvgIpc) is 3.17. The fraction of sp³-hybridized carbons (Fsp3) is 0.148. The number of amides is 3. The zero-order chi connectivity index (χ0) is 27.1. The summed E-state index contributed by atoms with van der Waals surface area (Å²) in [5.41, 5.74) is 1.02. The first-order valence-electron chi connectivity index (χ1n) is 11.3. The molecule has 0 unspecified atom stereocenters. The van der Waals surface area contributed by atoms with Gasteiger partial charge in [-0.3, -0.25) is 19.3 Å². The van der Waals surface area contributed by atoms with Crippen LogP contribution < -0.4 is 19.5 Å². The lowest BCUT2D eigenvalue weighted by Crippen LogP contribution is -2.32. The normalized spacial score (nSPS) is 14.1. The lowest BCUT2D eigenvalue weighted by Gasteiger charge is -2.14. The first-order valence-corrected chi connectivity index (χ1v) is 12.9. The van der Waals surface area contributed by atoms with E-state index in [9.17, 15) is 14.4 Å². The quantitative estimate of drug-likeness (QED) is 0.292. The molecule has 0 bridgehead atoms. The van der Waals surface area contributed by atoms with Crippen molar-refractivity contribution in [1.29, 1.82) is 0 Å². The van der Waals surface area contributed by atoms with Crippen molar-refractivity contribution in [3.05, 3.63) is 87.2 Å². The van der Waals surface area contributed by atoms with E-state index in [0.29, 0.717) is 38.5 Å². The van der Waals surface area contributed by atoms with E-state index in [4.69, 9.17) is 37.4 Å². The maximum Gasteiger partial charge on any atom is 0.293 e. The number of benzene rings is 3. The number of carbonyl (C=O) groups is 3. The van der Waals surface area contributed by atoms with Crippen LogP contribution in [0.25, 0.3) is 6.08 Å². The van der Waals surface area contributed by atoms with Gasteiger partial charge in [-0.05, 0) is 72.4 Å². The van der Waals surface area contributed by atoms with Crippen LogP contribution in [0.5, 0.6) is 17.2 Å². The average molecular weight is 573 g/mol. The van der Waals surface area contributed by atoms with Gasteiger partial charge in [-0.1, -0.05) is 35.3 Å². The summed E-state index contributed by atoms with van der Waals surface area (Å²) in [5, 5.41) is 3.24. The van der Waals surface area contributed by atoms with Crippen LogP contribution in [0, 0.1) is 0 Å². The number of nitrogens with one attached hydrogen (secondary N) is 1. The molecule has 8 nitrogen and oxygen atoms in total. The molecule has 0 spiro atoms. The van der Waals surface area contributed by atoms with Crippen molar-refractivity contribution in [3.8, 4) is 17.2 Å². The third kappa shape index (κ3) is 7.00. The summed E-state index contributed by atoms with van der Waals surface area (Å²) in [7, 11) is 1.53. The van der Waals surface area contributed by atoms with Crippen LogP contribution >= 0.6 is 35.0 Å². The molecule has 0 aromatic heterocycles. The highest BCUT2D eigenvalue weighted by Crippen LogP contribution is 2.35. The van der Waals surface area contributed by atoms with Gasteiger partial charge in [-0.25, -0.2) is 0 Å². The van der Waals surface area contributed by atoms with Gasteiger partial charge in [0, 0.05) is 21.3 Å². The van der Waals surface area contributed by atoms with Crippen LogP contribution in [0.1, 0.15) is 5.56 Å². The van der Waals surface area contributed by atoms with Crippen LogP contribution in [-0.2, 0) is 9.59 Å². The Kier molecular flexibility index (Phi) is 9.17. The number of hydrogen-bond donors (Lipinski definition) is 1. The van der Waals surface area contributed by atoms with Gasteiger partial charge in [0.1, 0.15) is 12.4 Å². The van der Waals surface area contributed by atoms with E-state index in [1.54, 1.807) is 60.7 Å². The third-order valence-electron chi connectivity index (χ3n) is 5.26. The zero-order valence-electron chi connectivity index (χ0n) is 20.1. The second kappa shape index (κ2) is 12.7. The molecule has 4 rings (SSSR count). The number of anilines is 1. The number of halogens is 2. The second-order valence-corrected chi connectivity index (χ2v) is 9.72. The topological polar surface area (TPSA) is 94.2 Å². The SMILES string of the molecule is COc1ccccc1OCCN1C(=O)S/C(=C\c2cc(Cl)ccc2OCC(=O)Nc2ccc(Cl)cc2)C1=O. The monoisotopic (exact) mass is 572 g/mol. The molecule has 1 saturated heterocycles. The number of thioether (sulfide) groups is 1. The molecule has 1 N–H and O–H groups in total. The fourth-order valence-electron chi connectivity index (χ4n) is 3.46. The number of imide groups is 1. The lowest BCUT2D eigenvalue weighted by molar-refractivity contribution is -0.123. The van der Waals surface area contributed by atoms with E-state index in [-0.39, 0.29) is 30.6 Å². The lowest BCUT2D eigenvalue weighted by atomic mass is 10.2. The van der Waals surface area contributed by atoms with Crippen molar-refractivity contribution < 1.29 is 28.6 Å². The molecule has 196 valence electrons. The first kappa shape index (κ1) is 27.4. The minimum Gasteiger partial charge on any atom is -0.493 e. The number of carbonyl (C=O) groups excluding carboxylic acids is 3. The highest BCUT2D eigenvalue weighted by Gasteiger charge is 2.35. The Balaban J connectivity index is 1.40. The minimum absolute atomic E-state index is 0.0594.